The molecule has 5 nitrogen and oxygen atoms in total. The molecule has 5 atom stereocenters. The van der Waals surface area contributed by atoms with Crippen LogP contribution in [0.4, 0.5) is 0 Å². The van der Waals surface area contributed by atoms with Crippen molar-refractivity contribution in [2.45, 2.75) is 44.3 Å². The van der Waals surface area contributed by atoms with Crippen molar-refractivity contribution in [1.29, 1.82) is 0 Å². The maximum atomic E-state index is 12.3. The zero-order chi connectivity index (χ0) is 25.1. The topological polar surface area (TPSA) is 61.8 Å². The predicted octanol–water partition coefficient (Wildman–Crippen LogP) is 4.95. The molecule has 2 N–H and O–H groups in total. The van der Waals surface area contributed by atoms with Gasteiger partial charge >= 0.3 is 5.97 Å². The lowest BCUT2D eigenvalue weighted by molar-refractivity contribution is -0.152. The number of aliphatic carboxylic acids is 1. The van der Waals surface area contributed by atoms with Crippen LogP contribution in [-0.4, -0.2) is 48.3 Å². The summed E-state index contributed by atoms with van der Waals surface area (Å²) in [6, 6.07) is 27.9. The van der Waals surface area contributed by atoms with Gasteiger partial charge in [0.2, 0.25) is 0 Å². The van der Waals surface area contributed by atoms with E-state index in [1.165, 1.54) is 16.7 Å². The van der Waals surface area contributed by atoms with E-state index in [4.69, 9.17) is 4.74 Å². The first-order valence-electron chi connectivity index (χ1n) is 13.1. The molecule has 0 spiro atoms. The molecule has 0 saturated carbocycles. The number of aryl methyl sites for hydroxylation is 1. The summed E-state index contributed by atoms with van der Waals surface area (Å²) in [6.07, 6.45) is 1.86. The third kappa shape index (κ3) is 4.78. The Balaban J connectivity index is 1.54. The van der Waals surface area contributed by atoms with Crippen LogP contribution < -0.4 is 10.1 Å². The smallest absolute Gasteiger partial charge is 0.308 e. The molecule has 6 rings (SSSR count). The van der Waals surface area contributed by atoms with Crippen LogP contribution in [0.5, 0.6) is 5.75 Å². The molecule has 3 aromatic rings. The molecule has 3 aliphatic rings. The molecule has 36 heavy (non-hydrogen) atoms. The van der Waals surface area contributed by atoms with Crippen LogP contribution in [0, 0.1) is 11.8 Å². The fraction of sp³-hybridized carbons (Fsp3) is 0.387. The largest absolute Gasteiger partial charge is 0.496 e. The first-order valence-corrected chi connectivity index (χ1v) is 13.1. The number of fused-ring (bicyclic) bond motifs is 3. The Bertz CT molecular complexity index is 1130. The Morgan fingerprint density at radius 1 is 1.06 bits per heavy atom. The number of hydrogen-bond acceptors (Lipinski definition) is 4. The summed E-state index contributed by atoms with van der Waals surface area (Å²) < 4.78 is 5.67. The summed E-state index contributed by atoms with van der Waals surface area (Å²) >= 11 is 0. The molecular weight excluding hydrogens is 448 g/mol. The number of carboxylic acid groups (broad SMARTS) is 1. The van der Waals surface area contributed by atoms with Crippen molar-refractivity contribution in [1.82, 2.24) is 10.2 Å². The van der Waals surface area contributed by atoms with Gasteiger partial charge in [0, 0.05) is 36.7 Å². The van der Waals surface area contributed by atoms with Crippen LogP contribution >= 0.6 is 0 Å². The summed E-state index contributed by atoms with van der Waals surface area (Å²) in [5, 5.41) is 14.0. The third-order valence-electron chi connectivity index (χ3n) is 8.21. The van der Waals surface area contributed by atoms with Crippen molar-refractivity contribution < 1.29 is 14.6 Å². The average molecular weight is 485 g/mol. The van der Waals surface area contributed by atoms with Crippen LogP contribution in [0.3, 0.4) is 0 Å². The minimum atomic E-state index is -0.684. The first kappa shape index (κ1) is 24.5. The van der Waals surface area contributed by atoms with Gasteiger partial charge in [0.25, 0.3) is 0 Å². The zero-order valence-corrected chi connectivity index (χ0v) is 21.1. The number of nitrogens with one attached hydrogen (secondary N) is 1. The highest BCUT2D eigenvalue weighted by atomic mass is 16.5. The van der Waals surface area contributed by atoms with Crippen molar-refractivity contribution in [2.24, 2.45) is 11.8 Å². The highest BCUT2D eigenvalue weighted by Crippen LogP contribution is 2.44. The van der Waals surface area contributed by atoms with E-state index in [2.05, 4.69) is 89.9 Å². The minimum Gasteiger partial charge on any atom is -0.496 e. The molecular formula is C31H36N2O3. The molecule has 0 aromatic heterocycles. The number of hydrogen-bond donors (Lipinski definition) is 2. The van der Waals surface area contributed by atoms with E-state index in [1.807, 2.05) is 6.07 Å². The number of nitrogens with zero attached hydrogens (tertiary/aromatic N) is 1. The molecule has 5 heteroatoms. The van der Waals surface area contributed by atoms with Gasteiger partial charge in [-0.05, 0) is 48.1 Å². The van der Waals surface area contributed by atoms with E-state index in [-0.39, 0.29) is 29.8 Å². The molecule has 188 valence electrons. The molecule has 0 radical (unpaired) electrons. The quantitative estimate of drug-likeness (QED) is 0.450. The third-order valence-corrected chi connectivity index (χ3v) is 8.21. The average Bonchev–Trinajstić information content (AvgIpc) is 2.93. The van der Waals surface area contributed by atoms with E-state index in [1.54, 1.807) is 7.11 Å². The van der Waals surface area contributed by atoms with Crippen molar-refractivity contribution in [3.05, 3.63) is 101 Å². The molecule has 3 aliphatic heterocycles. The lowest BCUT2D eigenvalue weighted by atomic mass is 9.66. The van der Waals surface area contributed by atoms with Gasteiger partial charge in [-0.3, -0.25) is 9.69 Å². The molecule has 5 unspecified atom stereocenters. The Hall–Kier alpha value is -3.15. The summed E-state index contributed by atoms with van der Waals surface area (Å²) in [7, 11) is 1.71. The van der Waals surface area contributed by atoms with E-state index < -0.39 is 5.97 Å². The normalized spacial score (nSPS) is 25.1. The molecule has 3 fully saturated rings. The molecule has 0 amide bonds. The number of carbonyl (C=O) groups is 1. The van der Waals surface area contributed by atoms with Crippen molar-refractivity contribution in [3.8, 4) is 5.75 Å². The second-order valence-corrected chi connectivity index (χ2v) is 10.1. The second-order valence-electron chi connectivity index (χ2n) is 10.1. The van der Waals surface area contributed by atoms with Crippen LogP contribution in [-0.2, 0) is 17.8 Å². The SMILES string of the molecule is CCc1ccc(OC)c(CNC2C3CCN(CC3C(=O)O)C2C(c2ccccc2)c2ccccc2)c1. The van der Waals surface area contributed by atoms with E-state index in [0.29, 0.717) is 13.1 Å². The van der Waals surface area contributed by atoms with E-state index in [9.17, 15) is 9.90 Å². The fourth-order valence-electron chi connectivity index (χ4n) is 6.45. The Kier molecular flexibility index (Phi) is 7.40. The first-order chi connectivity index (χ1) is 17.6. The highest BCUT2D eigenvalue weighted by Gasteiger charge is 2.52. The Labute approximate surface area is 214 Å². The maximum Gasteiger partial charge on any atom is 0.308 e. The maximum absolute atomic E-state index is 12.3. The van der Waals surface area contributed by atoms with Crippen LogP contribution in [0.25, 0.3) is 0 Å². The van der Waals surface area contributed by atoms with Gasteiger partial charge < -0.3 is 15.2 Å². The van der Waals surface area contributed by atoms with Crippen LogP contribution in [0.1, 0.15) is 41.5 Å². The van der Waals surface area contributed by atoms with E-state index in [0.717, 1.165) is 30.7 Å². The summed E-state index contributed by atoms with van der Waals surface area (Å²) in [4.78, 5) is 14.7. The number of rotatable bonds is 9. The number of benzene rings is 3. The molecule has 3 heterocycles. The molecule has 3 saturated heterocycles. The number of ether oxygens (including phenoxy) is 1. The highest BCUT2D eigenvalue weighted by molar-refractivity contribution is 5.71. The minimum absolute atomic E-state index is 0.0361. The summed E-state index contributed by atoms with van der Waals surface area (Å²) in [6.45, 7) is 4.34. The lowest BCUT2D eigenvalue weighted by Crippen LogP contribution is -2.68. The van der Waals surface area contributed by atoms with Crippen LogP contribution in [0.15, 0.2) is 78.9 Å². The monoisotopic (exact) mass is 484 g/mol. The molecule has 0 aliphatic carbocycles. The van der Waals surface area contributed by atoms with Gasteiger partial charge in [-0.15, -0.1) is 0 Å². The summed E-state index contributed by atoms with van der Waals surface area (Å²) in [5.74, 6) is 0.0501. The van der Waals surface area contributed by atoms with Gasteiger partial charge in [-0.25, -0.2) is 0 Å². The standard InChI is InChI=1S/C31H36N2O3/c1-3-21-14-15-27(36-2)24(18-21)19-32-29-25-16-17-33(20-26(25)31(34)35)30(29)28(22-10-6-4-7-11-22)23-12-8-5-9-13-23/h4-15,18,25-26,28-30,32H,3,16-17,19-20H2,1-2H3,(H,34,35). The molecule has 3 aromatic carbocycles. The van der Waals surface area contributed by atoms with Gasteiger partial charge in [0.1, 0.15) is 5.75 Å². The predicted molar refractivity (Wildman–Crippen MR) is 142 cm³/mol. The van der Waals surface area contributed by atoms with Crippen LogP contribution in [0.2, 0.25) is 0 Å². The second kappa shape index (κ2) is 10.9. The van der Waals surface area contributed by atoms with E-state index >= 15 is 0 Å². The van der Waals surface area contributed by atoms with Gasteiger partial charge in [0.05, 0.1) is 13.0 Å². The van der Waals surface area contributed by atoms with Crippen molar-refractivity contribution in [3.63, 3.8) is 0 Å². The Morgan fingerprint density at radius 3 is 2.31 bits per heavy atom. The van der Waals surface area contributed by atoms with Gasteiger partial charge in [-0.2, -0.15) is 0 Å². The fourth-order valence-corrected chi connectivity index (χ4v) is 6.45. The number of methoxy groups -OCH3 is 1. The van der Waals surface area contributed by atoms with Crippen molar-refractivity contribution >= 4 is 5.97 Å². The number of piperidine rings is 3. The number of carboxylic acids is 1. The Morgan fingerprint density at radius 2 is 1.72 bits per heavy atom. The van der Waals surface area contributed by atoms with Crippen molar-refractivity contribution in [2.75, 3.05) is 20.2 Å². The zero-order valence-electron chi connectivity index (χ0n) is 21.1. The van der Waals surface area contributed by atoms with Gasteiger partial charge in [-0.1, -0.05) is 79.7 Å². The molecule has 2 bridgehead atoms. The summed E-state index contributed by atoms with van der Waals surface area (Å²) in [5.41, 5.74) is 4.93. The lowest BCUT2D eigenvalue weighted by Gasteiger charge is -2.56. The van der Waals surface area contributed by atoms with Gasteiger partial charge in [0.15, 0.2) is 0 Å².